The molecule has 1 fully saturated rings. The van der Waals surface area contributed by atoms with E-state index in [0.717, 1.165) is 4.88 Å². The highest BCUT2D eigenvalue weighted by Crippen LogP contribution is 2.26. The van der Waals surface area contributed by atoms with Crippen molar-refractivity contribution in [2.75, 3.05) is 0 Å². The molecule has 2 amide bonds. The average Bonchev–Trinajstić information content (AvgIpc) is 2.95. The van der Waals surface area contributed by atoms with E-state index in [4.69, 9.17) is 0 Å². The van der Waals surface area contributed by atoms with E-state index in [0.29, 0.717) is 18.8 Å². The second kappa shape index (κ2) is 5.52. The van der Waals surface area contributed by atoms with Gasteiger partial charge in [0.25, 0.3) is 0 Å². The van der Waals surface area contributed by atoms with Crippen LogP contribution in [-0.4, -0.2) is 17.9 Å². The summed E-state index contributed by atoms with van der Waals surface area (Å²) in [5.74, 6) is 0.213. The highest BCUT2D eigenvalue weighted by Gasteiger charge is 2.29. The van der Waals surface area contributed by atoms with E-state index in [1.165, 1.54) is 0 Å². The van der Waals surface area contributed by atoms with Gasteiger partial charge < -0.3 is 10.6 Å². The van der Waals surface area contributed by atoms with Crippen molar-refractivity contribution in [1.82, 2.24) is 10.6 Å². The molecule has 2 heterocycles. The maximum atomic E-state index is 12.1. The number of thiophene rings is 1. The Morgan fingerprint density at radius 3 is 2.83 bits per heavy atom. The molecule has 0 saturated carbocycles. The zero-order valence-electron chi connectivity index (χ0n) is 10.6. The lowest BCUT2D eigenvalue weighted by Crippen LogP contribution is -2.44. The molecule has 4 nitrogen and oxygen atoms in total. The molecule has 98 valence electrons. The fourth-order valence-electron chi connectivity index (χ4n) is 2.10. The van der Waals surface area contributed by atoms with Gasteiger partial charge in [0.15, 0.2) is 0 Å². The summed E-state index contributed by atoms with van der Waals surface area (Å²) in [5, 5.41) is 7.74. The van der Waals surface area contributed by atoms with Gasteiger partial charge in [0.2, 0.25) is 11.8 Å². The first-order valence-corrected chi connectivity index (χ1v) is 7.09. The van der Waals surface area contributed by atoms with Crippen molar-refractivity contribution < 1.29 is 9.59 Å². The molecule has 0 bridgehead atoms. The van der Waals surface area contributed by atoms with Crippen LogP contribution >= 0.6 is 11.3 Å². The van der Waals surface area contributed by atoms with Crippen molar-refractivity contribution in [3.05, 3.63) is 22.4 Å². The number of carbonyl (C=O) groups is 2. The predicted octanol–water partition coefficient (Wildman–Crippen LogP) is 1.84. The number of nitrogens with one attached hydrogen (secondary N) is 2. The quantitative estimate of drug-likeness (QED) is 0.873. The molecule has 2 rings (SSSR count). The number of carbonyl (C=O) groups excluding carboxylic acids is 2. The molecular formula is C13H18N2O2S. The van der Waals surface area contributed by atoms with Gasteiger partial charge in [-0.25, -0.2) is 0 Å². The van der Waals surface area contributed by atoms with Gasteiger partial charge in [0.05, 0.1) is 6.04 Å². The van der Waals surface area contributed by atoms with Gasteiger partial charge in [0, 0.05) is 11.3 Å². The Labute approximate surface area is 111 Å². The zero-order valence-corrected chi connectivity index (χ0v) is 11.4. The van der Waals surface area contributed by atoms with Gasteiger partial charge in [-0.15, -0.1) is 11.3 Å². The molecule has 0 aliphatic carbocycles. The topological polar surface area (TPSA) is 58.2 Å². The van der Waals surface area contributed by atoms with Crippen molar-refractivity contribution in [2.45, 2.75) is 38.8 Å². The van der Waals surface area contributed by atoms with E-state index < -0.39 is 0 Å². The highest BCUT2D eigenvalue weighted by molar-refractivity contribution is 7.10. The molecule has 1 aromatic rings. The number of hydrogen-bond acceptors (Lipinski definition) is 3. The Kier molecular flexibility index (Phi) is 4.01. The molecule has 1 aliphatic heterocycles. The van der Waals surface area contributed by atoms with Gasteiger partial charge in [-0.2, -0.15) is 0 Å². The second-order valence-corrected chi connectivity index (χ2v) is 5.88. The molecule has 0 aromatic carbocycles. The van der Waals surface area contributed by atoms with Crippen molar-refractivity contribution >= 4 is 23.2 Å². The molecule has 0 spiro atoms. The standard InChI is InChI=1S/C13H18N2O2S/c1-8(2)12(10-4-3-7-18-10)15-13(17)9-5-6-11(16)14-9/h3-4,7-9,12H,5-6H2,1-2H3,(H,14,16)(H,15,17)/t9-,12-/m0/s1. The molecule has 18 heavy (non-hydrogen) atoms. The van der Waals surface area contributed by atoms with Crippen molar-refractivity contribution in [3.8, 4) is 0 Å². The summed E-state index contributed by atoms with van der Waals surface area (Å²) in [6.07, 6.45) is 1.04. The summed E-state index contributed by atoms with van der Waals surface area (Å²) >= 11 is 1.64. The lowest BCUT2D eigenvalue weighted by atomic mass is 10.0. The van der Waals surface area contributed by atoms with Crippen LogP contribution in [0.3, 0.4) is 0 Å². The average molecular weight is 266 g/mol. The van der Waals surface area contributed by atoms with Crippen LogP contribution in [0.4, 0.5) is 0 Å². The van der Waals surface area contributed by atoms with Crippen molar-refractivity contribution in [2.24, 2.45) is 5.92 Å². The Bertz CT molecular complexity index is 428. The molecule has 1 saturated heterocycles. The maximum Gasteiger partial charge on any atom is 0.243 e. The van der Waals surface area contributed by atoms with Gasteiger partial charge in [-0.05, 0) is 23.8 Å². The minimum absolute atomic E-state index is 0.0232. The van der Waals surface area contributed by atoms with E-state index >= 15 is 0 Å². The second-order valence-electron chi connectivity index (χ2n) is 4.90. The molecular weight excluding hydrogens is 248 g/mol. The molecule has 1 aliphatic rings. The van der Waals surface area contributed by atoms with E-state index in [1.54, 1.807) is 11.3 Å². The SMILES string of the molecule is CC(C)[C@H](NC(=O)[C@@H]1CCC(=O)N1)c1cccs1. The van der Waals surface area contributed by atoms with E-state index in [9.17, 15) is 9.59 Å². The van der Waals surface area contributed by atoms with Crippen LogP contribution in [0.15, 0.2) is 17.5 Å². The summed E-state index contributed by atoms with van der Waals surface area (Å²) < 4.78 is 0. The minimum Gasteiger partial charge on any atom is -0.346 e. The first kappa shape index (κ1) is 13.1. The number of hydrogen-bond donors (Lipinski definition) is 2. The first-order chi connectivity index (χ1) is 8.58. The third kappa shape index (κ3) is 2.90. The summed E-state index contributed by atoms with van der Waals surface area (Å²) in [5.41, 5.74) is 0. The zero-order chi connectivity index (χ0) is 13.1. The number of amides is 2. The van der Waals surface area contributed by atoms with Crippen LogP contribution < -0.4 is 10.6 Å². The van der Waals surface area contributed by atoms with Crippen LogP contribution in [0.1, 0.15) is 37.6 Å². The van der Waals surface area contributed by atoms with Gasteiger partial charge in [0.1, 0.15) is 6.04 Å². The van der Waals surface area contributed by atoms with Crippen LogP contribution in [0.25, 0.3) is 0 Å². The lowest BCUT2D eigenvalue weighted by Gasteiger charge is -2.23. The van der Waals surface area contributed by atoms with Crippen LogP contribution in [0.5, 0.6) is 0 Å². The fraction of sp³-hybridized carbons (Fsp3) is 0.538. The third-order valence-electron chi connectivity index (χ3n) is 3.13. The van der Waals surface area contributed by atoms with Crippen molar-refractivity contribution in [1.29, 1.82) is 0 Å². The van der Waals surface area contributed by atoms with E-state index in [1.807, 2.05) is 17.5 Å². The summed E-state index contributed by atoms with van der Waals surface area (Å²) in [4.78, 5) is 24.4. The molecule has 2 N–H and O–H groups in total. The fourth-order valence-corrected chi connectivity index (χ4v) is 3.05. The monoisotopic (exact) mass is 266 g/mol. The number of rotatable bonds is 4. The van der Waals surface area contributed by atoms with E-state index in [-0.39, 0.29) is 23.9 Å². The molecule has 2 atom stereocenters. The molecule has 0 radical (unpaired) electrons. The Hall–Kier alpha value is -1.36. The third-order valence-corrected chi connectivity index (χ3v) is 4.08. The first-order valence-electron chi connectivity index (χ1n) is 6.21. The predicted molar refractivity (Wildman–Crippen MR) is 71.2 cm³/mol. The van der Waals surface area contributed by atoms with Gasteiger partial charge in [-0.3, -0.25) is 9.59 Å². The van der Waals surface area contributed by atoms with Crippen LogP contribution in [0, 0.1) is 5.92 Å². The summed E-state index contributed by atoms with van der Waals surface area (Å²) in [7, 11) is 0. The lowest BCUT2D eigenvalue weighted by molar-refractivity contribution is -0.126. The smallest absolute Gasteiger partial charge is 0.243 e. The molecule has 0 unspecified atom stereocenters. The Morgan fingerprint density at radius 2 is 2.33 bits per heavy atom. The van der Waals surface area contributed by atoms with Crippen LogP contribution in [0.2, 0.25) is 0 Å². The Balaban J connectivity index is 2.01. The van der Waals surface area contributed by atoms with Gasteiger partial charge >= 0.3 is 0 Å². The van der Waals surface area contributed by atoms with E-state index in [2.05, 4.69) is 24.5 Å². The maximum absolute atomic E-state index is 12.1. The van der Waals surface area contributed by atoms with Crippen LogP contribution in [-0.2, 0) is 9.59 Å². The summed E-state index contributed by atoms with van der Waals surface area (Å²) in [6.45, 7) is 4.16. The Morgan fingerprint density at radius 1 is 1.56 bits per heavy atom. The largest absolute Gasteiger partial charge is 0.346 e. The summed E-state index contributed by atoms with van der Waals surface area (Å²) in [6, 6.07) is 3.68. The highest BCUT2D eigenvalue weighted by atomic mass is 32.1. The van der Waals surface area contributed by atoms with Gasteiger partial charge in [-0.1, -0.05) is 19.9 Å². The normalized spacial score (nSPS) is 20.8. The molecule has 1 aromatic heterocycles. The molecule has 5 heteroatoms. The van der Waals surface area contributed by atoms with Crippen molar-refractivity contribution in [3.63, 3.8) is 0 Å². The minimum atomic E-state index is -0.362.